The van der Waals surface area contributed by atoms with E-state index in [9.17, 15) is 13.6 Å². The molecule has 3 aromatic rings. The van der Waals surface area contributed by atoms with Crippen molar-refractivity contribution in [2.45, 2.75) is 13.0 Å². The molecule has 0 saturated carbocycles. The number of hydrogen-bond donors (Lipinski definition) is 0. The molecular weight excluding hydrogens is 444 g/mol. The standard InChI is InChI=1S/C25H21F2N3O4/c1-15-10-29(14-28-15)21-6-3-16(7-23(21)32-2)8-24-25(31)30-18(12-34-24)11-33-13-22(30)17-4-5-19(26)20(27)9-17/h3-11,14,22H,12-13H2,1-2H3/t22-/m0/s1. The van der Waals surface area contributed by atoms with E-state index in [4.69, 9.17) is 14.2 Å². The zero-order chi connectivity index (χ0) is 23.8. The van der Waals surface area contributed by atoms with Crippen molar-refractivity contribution in [2.24, 2.45) is 0 Å². The summed E-state index contributed by atoms with van der Waals surface area (Å²) in [5.74, 6) is -1.61. The van der Waals surface area contributed by atoms with Crippen LogP contribution in [0.4, 0.5) is 8.78 Å². The summed E-state index contributed by atoms with van der Waals surface area (Å²) in [7, 11) is 1.57. The molecule has 34 heavy (non-hydrogen) atoms. The Balaban J connectivity index is 1.46. The number of carbonyl (C=O) groups is 1. The van der Waals surface area contributed by atoms with Crippen LogP contribution in [-0.4, -0.2) is 40.7 Å². The summed E-state index contributed by atoms with van der Waals surface area (Å²) in [6, 6.07) is 8.46. The minimum atomic E-state index is -0.981. The normalized spacial score (nSPS) is 18.8. The Kier molecular flexibility index (Phi) is 5.53. The molecule has 174 valence electrons. The lowest BCUT2D eigenvalue weighted by Crippen LogP contribution is -2.44. The number of aryl methyl sites for hydroxylation is 1. The van der Waals surface area contributed by atoms with E-state index in [1.165, 1.54) is 17.2 Å². The molecular formula is C25H21F2N3O4. The smallest absolute Gasteiger partial charge is 0.294 e. The van der Waals surface area contributed by atoms with Gasteiger partial charge in [-0.25, -0.2) is 13.8 Å². The first-order valence-corrected chi connectivity index (χ1v) is 10.6. The Morgan fingerprint density at radius 1 is 1.18 bits per heavy atom. The van der Waals surface area contributed by atoms with Crippen molar-refractivity contribution < 1.29 is 27.8 Å². The number of rotatable bonds is 4. The summed E-state index contributed by atoms with van der Waals surface area (Å²) in [4.78, 5) is 19.1. The number of aromatic nitrogens is 2. The van der Waals surface area contributed by atoms with Gasteiger partial charge in [-0.2, -0.15) is 0 Å². The topological polar surface area (TPSA) is 65.8 Å². The van der Waals surface area contributed by atoms with E-state index < -0.39 is 23.6 Å². The zero-order valence-corrected chi connectivity index (χ0v) is 18.5. The fourth-order valence-electron chi connectivity index (χ4n) is 4.04. The van der Waals surface area contributed by atoms with Gasteiger partial charge in [-0.15, -0.1) is 0 Å². The molecule has 9 heteroatoms. The summed E-state index contributed by atoms with van der Waals surface area (Å²) in [6.45, 7) is 2.11. The van der Waals surface area contributed by atoms with Gasteiger partial charge in [0.1, 0.15) is 25.2 Å². The lowest BCUT2D eigenvalue weighted by atomic mass is 10.0. The highest BCUT2D eigenvalue weighted by atomic mass is 19.2. The molecule has 2 aliphatic heterocycles. The van der Waals surface area contributed by atoms with E-state index in [2.05, 4.69) is 4.98 Å². The van der Waals surface area contributed by atoms with Gasteiger partial charge in [0.2, 0.25) is 0 Å². The molecule has 0 N–H and O–H groups in total. The van der Waals surface area contributed by atoms with Gasteiger partial charge in [-0.1, -0.05) is 12.1 Å². The van der Waals surface area contributed by atoms with E-state index in [0.717, 1.165) is 23.5 Å². The molecule has 2 aliphatic rings. The summed E-state index contributed by atoms with van der Waals surface area (Å²) < 4.78 is 45.9. The van der Waals surface area contributed by atoms with Crippen molar-refractivity contribution >= 4 is 12.0 Å². The SMILES string of the molecule is COc1cc(C=C2OCC3=COC[C@@H](c4ccc(F)c(F)c4)N3C2=O)ccc1-n1cnc(C)c1. The number of methoxy groups -OCH3 is 1. The van der Waals surface area contributed by atoms with E-state index >= 15 is 0 Å². The zero-order valence-electron chi connectivity index (χ0n) is 18.5. The molecule has 1 aromatic heterocycles. The highest BCUT2D eigenvalue weighted by Crippen LogP contribution is 2.35. The molecule has 0 radical (unpaired) electrons. The molecule has 0 unspecified atom stereocenters. The van der Waals surface area contributed by atoms with E-state index in [1.807, 2.05) is 29.8 Å². The van der Waals surface area contributed by atoms with E-state index in [1.54, 1.807) is 25.6 Å². The van der Waals surface area contributed by atoms with Crippen LogP contribution in [0.1, 0.15) is 22.9 Å². The number of morpholine rings is 1. The van der Waals surface area contributed by atoms with Gasteiger partial charge in [0.25, 0.3) is 5.91 Å². The predicted octanol–water partition coefficient (Wildman–Crippen LogP) is 4.28. The lowest BCUT2D eigenvalue weighted by Gasteiger charge is -2.39. The Labute approximate surface area is 194 Å². The molecule has 2 aromatic carbocycles. The van der Waals surface area contributed by atoms with Crippen molar-refractivity contribution in [3.63, 3.8) is 0 Å². The van der Waals surface area contributed by atoms with Crippen LogP contribution in [-0.2, 0) is 14.3 Å². The molecule has 1 atom stereocenters. The maximum Gasteiger partial charge on any atom is 0.294 e. The van der Waals surface area contributed by atoms with Gasteiger partial charge in [-0.3, -0.25) is 9.69 Å². The average molecular weight is 465 g/mol. The third kappa shape index (κ3) is 3.89. The number of nitrogens with zero attached hydrogens (tertiary/aromatic N) is 3. The largest absolute Gasteiger partial charge is 0.497 e. The van der Waals surface area contributed by atoms with Crippen LogP contribution in [0.15, 0.2) is 66.6 Å². The molecule has 0 spiro atoms. The van der Waals surface area contributed by atoms with Gasteiger partial charge in [0.05, 0.1) is 36.6 Å². The molecule has 0 aliphatic carbocycles. The van der Waals surface area contributed by atoms with Crippen LogP contribution in [0.5, 0.6) is 5.75 Å². The summed E-state index contributed by atoms with van der Waals surface area (Å²) in [5, 5.41) is 0. The second kappa shape index (κ2) is 8.66. The van der Waals surface area contributed by atoms with Crippen molar-refractivity contribution in [1.29, 1.82) is 0 Å². The minimum Gasteiger partial charge on any atom is -0.497 e. The summed E-state index contributed by atoms with van der Waals surface area (Å²) in [5.41, 5.74) is 3.32. The van der Waals surface area contributed by atoms with Crippen LogP contribution < -0.4 is 4.74 Å². The highest BCUT2D eigenvalue weighted by molar-refractivity contribution is 5.98. The maximum absolute atomic E-state index is 13.9. The van der Waals surface area contributed by atoms with Gasteiger partial charge >= 0.3 is 0 Å². The fourth-order valence-corrected chi connectivity index (χ4v) is 4.04. The molecule has 3 heterocycles. The number of ether oxygens (including phenoxy) is 3. The highest BCUT2D eigenvalue weighted by Gasteiger charge is 2.38. The van der Waals surface area contributed by atoms with Crippen molar-refractivity contribution in [3.05, 3.63) is 95.1 Å². The molecule has 7 nitrogen and oxygen atoms in total. The van der Waals surface area contributed by atoms with Crippen LogP contribution in [0.25, 0.3) is 11.8 Å². The first-order chi connectivity index (χ1) is 16.4. The van der Waals surface area contributed by atoms with Crippen molar-refractivity contribution in [3.8, 4) is 11.4 Å². The number of hydrogen-bond acceptors (Lipinski definition) is 5. The molecule has 1 saturated heterocycles. The quantitative estimate of drug-likeness (QED) is 0.538. The number of imidazole rings is 1. The van der Waals surface area contributed by atoms with Crippen LogP contribution in [0, 0.1) is 18.6 Å². The van der Waals surface area contributed by atoms with E-state index in [-0.39, 0.29) is 19.0 Å². The van der Waals surface area contributed by atoms with Crippen LogP contribution in [0.3, 0.4) is 0 Å². The van der Waals surface area contributed by atoms with Gasteiger partial charge in [0, 0.05) is 6.20 Å². The summed E-state index contributed by atoms with van der Waals surface area (Å²) >= 11 is 0. The van der Waals surface area contributed by atoms with Gasteiger partial charge in [-0.05, 0) is 48.4 Å². The Bertz CT molecular complexity index is 1330. The molecule has 1 fully saturated rings. The minimum absolute atomic E-state index is 0.0985. The summed E-state index contributed by atoms with van der Waals surface area (Å²) in [6.07, 6.45) is 6.66. The second-order valence-corrected chi connectivity index (χ2v) is 7.96. The van der Waals surface area contributed by atoms with Gasteiger partial charge in [0.15, 0.2) is 17.4 Å². The maximum atomic E-state index is 13.9. The molecule has 1 amide bonds. The average Bonchev–Trinajstić information content (AvgIpc) is 3.28. The lowest BCUT2D eigenvalue weighted by molar-refractivity contribution is -0.137. The molecule has 0 bridgehead atoms. The molecule has 5 rings (SSSR count). The number of benzene rings is 2. The van der Waals surface area contributed by atoms with E-state index in [0.29, 0.717) is 22.6 Å². The fraction of sp³-hybridized carbons (Fsp3) is 0.200. The second-order valence-electron chi connectivity index (χ2n) is 7.96. The van der Waals surface area contributed by atoms with Crippen molar-refractivity contribution in [2.75, 3.05) is 20.3 Å². The Morgan fingerprint density at radius 3 is 2.76 bits per heavy atom. The predicted molar refractivity (Wildman–Crippen MR) is 119 cm³/mol. The number of amides is 1. The monoisotopic (exact) mass is 465 g/mol. The Hall–Kier alpha value is -4.14. The number of carbonyl (C=O) groups excluding carboxylic acids is 1. The first-order valence-electron chi connectivity index (χ1n) is 10.6. The first kappa shape index (κ1) is 21.7. The third-order valence-corrected chi connectivity index (χ3v) is 5.72. The Morgan fingerprint density at radius 2 is 2.03 bits per heavy atom. The van der Waals surface area contributed by atoms with Gasteiger partial charge < -0.3 is 18.8 Å². The number of halogens is 2. The van der Waals surface area contributed by atoms with Crippen molar-refractivity contribution in [1.82, 2.24) is 14.5 Å². The van der Waals surface area contributed by atoms with Crippen LogP contribution in [0.2, 0.25) is 0 Å². The third-order valence-electron chi connectivity index (χ3n) is 5.72. The number of fused-ring (bicyclic) bond motifs is 1. The van der Waals surface area contributed by atoms with Crippen LogP contribution >= 0.6 is 0 Å².